The smallest absolute Gasteiger partial charge is 0.326 e. The summed E-state index contributed by atoms with van der Waals surface area (Å²) >= 11 is 0. The molecule has 174 valence electrons. The number of hydrogen-bond donors (Lipinski definition) is 4. The number of carboxylic acid groups (broad SMARTS) is 1. The lowest BCUT2D eigenvalue weighted by Gasteiger charge is -2.15. The topological polar surface area (TPSA) is 121 Å². The van der Waals surface area contributed by atoms with Crippen LogP contribution in [-0.2, 0) is 31.5 Å². The Hall–Kier alpha value is -3.56. The number of amides is 1. The highest BCUT2D eigenvalue weighted by molar-refractivity contribution is 5.96. The summed E-state index contributed by atoms with van der Waals surface area (Å²) in [5.41, 5.74) is 3.20. The van der Waals surface area contributed by atoms with Crippen LogP contribution in [0.2, 0.25) is 0 Å². The highest BCUT2D eigenvalue weighted by Crippen LogP contribution is 2.05. The zero-order valence-corrected chi connectivity index (χ0v) is 18.7. The maximum atomic E-state index is 12.5. The van der Waals surface area contributed by atoms with Gasteiger partial charge in [-0.25, -0.2) is 4.79 Å². The number of rotatable bonds is 13. The number of hydrogen-bond acceptors (Lipinski definition) is 6. The molecule has 0 unspecified atom stereocenters. The monoisotopic (exact) mass is 450 g/mol. The van der Waals surface area contributed by atoms with E-state index in [1.807, 2.05) is 48.1 Å². The zero-order chi connectivity index (χ0) is 23.5. The molecule has 0 spiro atoms. The number of aliphatic carboxylic acids is 1. The first-order valence-corrected chi connectivity index (χ1v) is 10.9. The molecular formula is C24H30N6O3. The highest BCUT2D eigenvalue weighted by atomic mass is 16.4. The molecule has 0 aliphatic rings. The Morgan fingerprint density at radius 3 is 2.45 bits per heavy atom. The minimum Gasteiger partial charge on any atom is -0.480 e. The van der Waals surface area contributed by atoms with E-state index in [1.165, 1.54) is 6.20 Å². The largest absolute Gasteiger partial charge is 0.480 e. The van der Waals surface area contributed by atoms with Crippen LogP contribution >= 0.6 is 0 Å². The van der Waals surface area contributed by atoms with Crippen molar-refractivity contribution in [3.63, 3.8) is 0 Å². The van der Waals surface area contributed by atoms with Crippen molar-refractivity contribution in [3.05, 3.63) is 83.7 Å². The quantitative estimate of drug-likeness (QED) is 0.293. The van der Waals surface area contributed by atoms with Gasteiger partial charge in [-0.3, -0.25) is 14.8 Å². The summed E-state index contributed by atoms with van der Waals surface area (Å²) in [6, 6.07) is 12.2. The van der Waals surface area contributed by atoms with Crippen LogP contribution in [0.4, 0.5) is 0 Å². The van der Waals surface area contributed by atoms with Gasteiger partial charge in [0.15, 0.2) is 0 Å². The van der Waals surface area contributed by atoms with Crippen LogP contribution in [0, 0.1) is 0 Å². The number of carbonyl (C=O) groups is 2. The third-order valence-electron chi connectivity index (χ3n) is 5.23. The second-order valence-electron chi connectivity index (χ2n) is 7.76. The Labute approximate surface area is 193 Å². The number of pyridine rings is 2. The van der Waals surface area contributed by atoms with Crippen LogP contribution < -0.4 is 16.0 Å². The van der Waals surface area contributed by atoms with Crippen molar-refractivity contribution in [3.8, 4) is 0 Å². The third kappa shape index (κ3) is 7.81. The Morgan fingerprint density at radius 2 is 1.82 bits per heavy atom. The number of nitrogens with one attached hydrogen (secondary N) is 3. The molecule has 0 fully saturated rings. The van der Waals surface area contributed by atoms with Crippen molar-refractivity contribution >= 4 is 11.9 Å². The highest BCUT2D eigenvalue weighted by Gasteiger charge is 2.20. The second-order valence-corrected chi connectivity index (χ2v) is 7.76. The maximum absolute atomic E-state index is 12.5. The number of carboxylic acids is 1. The van der Waals surface area contributed by atoms with Crippen molar-refractivity contribution in [2.75, 3.05) is 6.54 Å². The summed E-state index contributed by atoms with van der Waals surface area (Å²) in [5, 5.41) is 18.6. The summed E-state index contributed by atoms with van der Waals surface area (Å²) in [5.74, 6) is -1.49. The molecule has 3 aromatic rings. The molecule has 0 aliphatic heterocycles. The van der Waals surface area contributed by atoms with E-state index in [0.29, 0.717) is 44.6 Å². The van der Waals surface area contributed by atoms with Crippen molar-refractivity contribution in [1.29, 1.82) is 0 Å². The molecule has 1 amide bonds. The molecule has 1 atom stereocenters. The molecular weight excluding hydrogens is 420 g/mol. The molecule has 3 heterocycles. The first-order chi connectivity index (χ1) is 16.0. The number of aromatic nitrogens is 3. The van der Waals surface area contributed by atoms with Crippen molar-refractivity contribution < 1.29 is 14.7 Å². The van der Waals surface area contributed by atoms with Gasteiger partial charge in [0, 0.05) is 51.0 Å². The molecule has 3 aromatic heterocycles. The van der Waals surface area contributed by atoms with Crippen molar-refractivity contribution in [2.24, 2.45) is 7.05 Å². The fourth-order valence-electron chi connectivity index (χ4n) is 3.31. The SMILES string of the molecule is Cn1cccc1CNCCC[C@H](NC(=O)c1ccc(CNCc2ccccn2)nc1)C(=O)O. The predicted molar refractivity (Wildman–Crippen MR) is 124 cm³/mol. The third-order valence-corrected chi connectivity index (χ3v) is 5.23. The lowest BCUT2D eigenvalue weighted by atomic mass is 10.1. The van der Waals surface area contributed by atoms with Crippen LogP contribution in [0.15, 0.2) is 61.1 Å². The van der Waals surface area contributed by atoms with Crippen LogP contribution in [-0.4, -0.2) is 44.1 Å². The molecule has 9 heteroatoms. The molecule has 9 nitrogen and oxygen atoms in total. The van der Waals surface area contributed by atoms with Gasteiger partial charge in [0.2, 0.25) is 0 Å². The zero-order valence-electron chi connectivity index (χ0n) is 18.7. The average Bonchev–Trinajstić information content (AvgIpc) is 3.23. The predicted octanol–water partition coefficient (Wildman–Crippen LogP) is 1.86. The van der Waals surface area contributed by atoms with E-state index < -0.39 is 17.9 Å². The Kier molecular flexibility index (Phi) is 9.10. The van der Waals surface area contributed by atoms with Crippen LogP contribution in [0.3, 0.4) is 0 Å². The van der Waals surface area contributed by atoms with Crippen molar-refractivity contribution in [1.82, 2.24) is 30.5 Å². The molecule has 4 N–H and O–H groups in total. The van der Waals surface area contributed by atoms with E-state index in [-0.39, 0.29) is 0 Å². The lowest BCUT2D eigenvalue weighted by Crippen LogP contribution is -2.41. The molecule has 0 bridgehead atoms. The standard InChI is InChI=1S/C24H30N6O3/c1-30-13-5-7-21(30)17-25-11-4-8-22(24(32)33)29-23(31)18-9-10-20(28-14-18)16-26-15-19-6-2-3-12-27-19/h2-3,5-7,9-10,12-14,22,25-26H,4,8,11,15-17H2,1H3,(H,29,31)(H,32,33)/t22-/m0/s1. The van der Waals surface area contributed by atoms with E-state index in [0.717, 1.165) is 17.1 Å². The average molecular weight is 451 g/mol. The number of nitrogens with zero attached hydrogens (tertiary/aromatic N) is 3. The van der Waals surface area contributed by atoms with E-state index in [1.54, 1.807) is 18.3 Å². The number of aryl methyl sites for hydroxylation is 1. The van der Waals surface area contributed by atoms with Crippen LogP contribution in [0.25, 0.3) is 0 Å². The Morgan fingerprint density at radius 1 is 1.00 bits per heavy atom. The van der Waals surface area contributed by atoms with Crippen molar-refractivity contribution in [2.45, 2.75) is 38.5 Å². The van der Waals surface area contributed by atoms with Crippen LogP contribution in [0.5, 0.6) is 0 Å². The fraction of sp³-hybridized carbons (Fsp3) is 0.333. The fourth-order valence-corrected chi connectivity index (χ4v) is 3.31. The minimum atomic E-state index is -1.05. The summed E-state index contributed by atoms with van der Waals surface area (Å²) in [4.78, 5) is 32.6. The van der Waals surface area contributed by atoms with Crippen LogP contribution in [0.1, 0.15) is 40.3 Å². The van der Waals surface area contributed by atoms with Gasteiger partial charge in [-0.05, 0) is 55.8 Å². The van der Waals surface area contributed by atoms with E-state index in [2.05, 4.69) is 25.9 Å². The van der Waals surface area contributed by atoms with Gasteiger partial charge in [0.05, 0.1) is 17.0 Å². The first kappa shape index (κ1) is 24.1. The summed E-state index contributed by atoms with van der Waals surface area (Å²) in [7, 11) is 1.98. The van der Waals surface area contributed by atoms with Gasteiger partial charge in [-0.15, -0.1) is 0 Å². The van der Waals surface area contributed by atoms with Gasteiger partial charge in [-0.1, -0.05) is 6.07 Å². The maximum Gasteiger partial charge on any atom is 0.326 e. The summed E-state index contributed by atoms with van der Waals surface area (Å²) in [6.45, 7) is 2.52. The van der Waals surface area contributed by atoms with Gasteiger partial charge in [-0.2, -0.15) is 0 Å². The van der Waals surface area contributed by atoms with E-state index in [4.69, 9.17) is 0 Å². The molecule has 0 aromatic carbocycles. The molecule has 0 aliphatic carbocycles. The van der Waals surface area contributed by atoms with Gasteiger partial charge >= 0.3 is 5.97 Å². The summed E-state index contributed by atoms with van der Waals surface area (Å²) in [6.07, 6.45) is 6.15. The Bertz CT molecular complexity index is 1020. The molecule has 3 rings (SSSR count). The number of carbonyl (C=O) groups excluding carboxylic acids is 1. The van der Waals surface area contributed by atoms with E-state index >= 15 is 0 Å². The normalized spacial score (nSPS) is 11.8. The molecule has 0 saturated heterocycles. The second kappa shape index (κ2) is 12.5. The van der Waals surface area contributed by atoms with Gasteiger partial charge < -0.3 is 25.6 Å². The van der Waals surface area contributed by atoms with E-state index in [9.17, 15) is 14.7 Å². The molecule has 0 radical (unpaired) electrons. The minimum absolute atomic E-state index is 0.330. The molecule has 33 heavy (non-hydrogen) atoms. The first-order valence-electron chi connectivity index (χ1n) is 10.9. The molecule has 0 saturated carbocycles. The Balaban J connectivity index is 1.40. The lowest BCUT2D eigenvalue weighted by molar-refractivity contribution is -0.139. The summed E-state index contributed by atoms with van der Waals surface area (Å²) < 4.78 is 2.03. The van der Waals surface area contributed by atoms with Gasteiger partial charge in [0.25, 0.3) is 5.91 Å². The van der Waals surface area contributed by atoms with Gasteiger partial charge in [0.1, 0.15) is 6.04 Å².